The van der Waals surface area contributed by atoms with Gasteiger partial charge in [-0.1, -0.05) is 18.2 Å². The number of aryl methyl sites for hydroxylation is 1. The number of para-hydroxylation sites is 2. The fourth-order valence-electron chi connectivity index (χ4n) is 5.66. The Bertz CT molecular complexity index is 1630. The van der Waals surface area contributed by atoms with E-state index in [1.165, 1.54) is 20.1 Å². The summed E-state index contributed by atoms with van der Waals surface area (Å²) in [7, 11) is 4.64. The average molecular weight is 604 g/mol. The summed E-state index contributed by atoms with van der Waals surface area (Å²) in [4.78, 5) is 38.8. The van der Waals surface area contributed by atoms with E-state index >= 15 is 0 Å². The predicted octanol–water partition coefficient (Wildman–Crippen LogP) is 3.62. The second kappa shape index (κ2) is 13.2. The van der Waals surface area contributed by atoms with Crippen molar-refractivity contribution in [1.29, 1.82) is 0 Å². The van der Waals surface area contributed by atoms with Gasteiger partial charge in [0.15, 0.2) is 23.0 Å². The van der Waals surface area contributed by atoms with E-state index in [2.05, 4.69) is 16.0 Å². The van der Waals surface area contributed by atoms with Crippen LogP contribution in [0.25, 0.3) is 11.1 Å². The monoisotopic (exact) mass is 603 g/mol. The molecule has 0 bridgehead atoms. The zero-order valence-electron chi connectivity index (χ0n) is 25.4. The number of anilines is 1. The average Bonchev–Trinajstić information content (AvgIpc) is 3.26. The molecule has 11 nitrogen and oxygen atoms in total. The molecule has 11 heteroatoms. The minimum absolute atomic E-state index is 0.215. The lowest BCUT2D eigenvalue weighted by Crippen LogP contribution is -2.45. The van der Waals surface area contributed by atoms with Gasteiger partial charge in [0.1, 0.15) is 18.8 Å². The van der Waals surface area contributed by atoms with E-state index in [-0.39, 0.29) is 35.6 Å². The molecule has 1 aliphatic carbocycles. The molecule has 0 radical (unpaired) electrons. The normalized spacial score (nSPS) is 17.1. The maximum atomic E-state index is 13.6. The van der Waals surface area contributed by atoms with Gasteiger partial charge >= 0.3 is 0 Å². The molecule has 3 unspecified atom stereocenters. The number of ether oxygens (including phenoxy) is 5. The molecule has 0 saturated carbocycles. The number of fused-ring (bicyclic) bond motifs is 4. The number of methoxy groups -OCH3 is 3. The highest BCUT2D eigenvalue weighted by Crippen LogP contribution is 2.50. The maximum Gasteiger partial charge on any atom is 0.242 e. The molecule has 3 aromatic carbocycles. The summed E-state index contributed by atoms with van der Waals surface area (Å²) < 4.78 is 28.7. The summed E-state index contributed by atoms with van der Waals surface area (Å²) in [6.45, 7) is 3.67. The van der Waals surface area contributed by atoms with Crippen LogP contribution in [0.5, 0.6) is 28.7 Å². The summed E-state index contributed by atoms with van der Waals surface area (Å²) in [6.07, 6.45) is 0.783. The Labute approximate surface area is 255 Å². The highest BCUT2D eigenvalue weighted by atomic mass is 16.6. The standard InChI is InChI=1S/C33H37N3O8/c1-18(33(39)34-16-21-17-43-27-8-6-7-9-28(27)44-21)35-25-13-11-22-23(15-26(25)38)24(36-19(2)37)12-10-20-14-29(40-3)31(41-4)32(42-5)30(20)22/h6-9,11,13-15,18,21,24H,10,12,16-17H2,1-5H3,(H,34,39)(H,35,38)(H,36,37). The van der Waals surface area contributed by atoms with Gasteiger partial charge in [-0.3, -0.25) is 14.4 Å². The van der Waals surface area contributed by atoms with Crippen LogP contribution in [0.4, 0.5) is 5.69 Å². The van der Waals surface area contributed by atoms with E-state index in [0.717, 1.165) is 11.1 Å². The highest BCUT2D eigenvalue weighted by molar-refractivity contribution is 5.85. The number of nitrogens with one attached hydrogen (secondary N) is 3. The van der Waals surface area contributed by atoms with Crippen molar-refractivity contribution in [3.63, 3.8) is 0 Å². The van der Waals surface area contributed by atoms with Crippen molar-refractivity contribution in [2.24, 2.45) is 0 Å². The largest absolute Gasteiger partial charge is 0.493 e. The third-order valence-corrected chi connectivity index (χ3v) is 7.75. The quantitative estimate of drug-likeness (QED) is 0.335. The molecule has 232 valence electrons. The number of rotatable bonds is 9. The van der Waals surface area contributed by atoms with Gasteiger partial charge in [-0.15, -0.1) is 0 Å². The molecule has 2 amide bonds. The fraction of sp³-hybridized carbons (Fsp3) is 0.364. The zero-order valence-corrected chi connectivity index (χ0v) is 25.4. The van der Waals surface area contributed by atoms with Crippen molar-refractivity contribution in [2.75, 3.05) is 39.8 Å². The lowest BCUT2D eigenvalue weighted by Gasteiger charge is -2.27. The minimum atomic E-state index is -0.737. The van der Waals surface area contributed by atoms with Crippen LogP contribution in [-0.4, -0.2) is 58.4 Å². The second-order valence-corrected chi connectivity index (χ2v) is 10.7. The van der Waals surface area contributed by atoms with Crippen LogP contribution < -0.4 is 45.1 Å². The van der Waals surface area contributed by atoms with Crippen molar-refractivity contribution >= 4 is 17.5 Å². The minimum Gasteiger partial charge on any atom is -0.493 e. The van der Waals surface area contributed by atoms with E-state index in [1.807, 2.05) is 36.4 Å². The summed E-state index contributed by atoms with van der Waals surface area (Å²) in [5.74, 6) is 2.18. The third-order valence-electron chi connectivity index (χ3n) is 7.75. The molecule has 44 heavy (non-hydrogen) atoms. The van der Waals surface area contributed by atoms with E-state index < -0.39 is 12.1 Å². The number of carbonyl (C=O) groups is 2. The SMILES string of the molecule is COc1cc2c(c(OC)c1OC)-c1ccc(NC(C)C(=O)NCC3COc4ccccc4O3)c(=O)cc1C(NC(C)=O)CC2. The van der Waals surface area contributed by atoms with Gasteiger partial charge in [0.2, 0.25) is 23.0 Å². The topological polar surface area (TPSA) is 133 Å². The number of amides is 2. The Balaban J connectivity index is 1.43. The van der Waals surface area contributed by atoms with Crippen LogP contribution >= 0.6 is 0 Å². The predicted molar refractivity (Wildman–Crippen MR) is 165 cm³/mol. The van der Waals surface area contributed by atoms with Crippen LogP contribution in [0, 0.1) is 0 Å². The Hall–Kier alpha value is -4.93. The zero-order chi connectivity index (χ0) is 31.4. The van der Waals surface area contributed by atoms with Crippen molar-refractivity contribution in [1.82, 2.24) is 10.6 Å². The lowest BCUT2D eigenvalue weighted by atomic mass is 9.95. The summed E-state index contributed by atoms with van der Waals surface area (Å²) in [5, 5.41) is 8.93. The molecule has 2 aliphatic rings. The van der Waals surface area contributed by atoms with Gasteiger partial charge in [-0.2, -0.15) is 0 Å². The van der Waals surface area contributed by atoms with Crippen molar-refractivity contribution in [3.05, 3.63) is 69.9 Å². The van der Waals surface area contributed by atoms with Gasteiger partial charge in [0.05, 0.1) is 39.6 Å². The Morgan fingerprint density at radius 2 is 1.75 bits per heavy atom. The molecule has 0 fully saturated rings. The molecule has 3 N–H and O–H groups in total. The first kappa shape index (κ1) is 30.5. The van der Waals surface area contributed by atoms with Gasteiger partial charge in [0, 0.05) is 12.5 Å². The van der Waals surface area contributed by atoms with Gasteiger partial charge < -0.3 is 39.6 Å². The van der Waals surface area contributed by atoms with Crippen LogP contribution in [0.15, 0.2) is 53.3 Å². The van der Waals surface area contributed by atoms with E-state index in [9.17, 15) is 14.4 Å². The third kappa shape index (κ3) is 6.22. The lowest BCUT2D eigenvalue weighted by molar-refractivity contribution is -0.122. The second-order valence-electron chi connectivity index (χ2n) is 10.7. The smallest absolute Gasteiger partial charge is 0.242 e. The molecule has 5 rings (SSSR count). The van der Waals surface area contributed by atoms with Crippen molar-refractivity contribution in [3.8, 4) is 39.9 Å². The van der Waals surface area contributed by atoms with Gasteiger partial charge in [0.25, 0.3) is 0 Å². The maximum absolute atomic E-state index is 13.6. The molecule has 0 spiro atoms. The number of hydrogen-bond acceptors (Lipinski definition) is 9. The van der Waals surface area contributed by atoms with Crippen molar-refractivity contribution in [2.45, 2.75) is 44.9 Å². The first-order valence-electron chi connectivity index (χ1n) is 14.4. The first-order valence-corrected chi connectivity index (χ1v) is 14.4. The fourth-order valence-corrected chi connectivity index (χ4v) is 5.66. The molecular weight excluding hydrogens is 566 g/mol. The van der Waals surface area contributed by atoms with E-state index in [0.29, 0.717) is 59.3 Å². The van der Waals surface area contributed by atoms with E-state index in [4.69, 9.17) is 23.7 Å². The molecule has 1 aliphatic heterocycles. The molecule has 3 aromatic rings. The summed E-state index contributed by atoms with van der Waals surface area (Å²) in [6, 6.07) is 13.1. The number of carbonyl (C=O) groups excluding carboxylic acids is 2. The van der Waals surface area contributed by atoms with Crippen LogP contribution in [0.3, 0.4) is 0 Å². The van der Waals surface area contributed by atoms with Crippen LogP contribution in [0.1, 0.15) is 37.4 Å². The summed E-state index contributed by atoms with van der Waals surface area (Å²) in [5.41, 5.74) is 2.90. The molecule has 0 saturated heterocycles. The molecule has 3 atom stereocenters. The molecule has 1 heterocycles. The van der Waals surface area contributed by atoms with Crippen LogP contribution in [0.2, 0.25) is 0 Å². The number of benzene rings is 2. The van der Waals surface area contributed by atoms with E-state index in [1.54, 1.807) is 27.2 Å². The molecular formula is C33H37N3O8. The first-order chi connectivity index (χ1) is 21.2. The summed E-state index contributed by atoms with van der Waals surface area (Å²) >= 11 is 0. The highest BCUT2D eigenvalue weighted by Gasteiger charge is 2.30. The Morgan fingerprint density at radius 1 is 1.00 bits per heavy atom. The Kier molecular flexibility index (Phi) is 9.12. The van der Waals surface area contributed by atoms with Gasteiger partial charge in [-0.25, -0.2) is 0 Å². The Morgan fingerprint density at radius 3 is 2.45 bits per heavy atom. The van der Waals surface area contributed by atoms with Crippen molar-refractivity contribution < 1.29 is 33.3 Å². The van der Waals surface area contributed by atoms with Crippen LogP contribution in [-0.2, 0) is 16.0 Å². The molecule has 0 aromatic heterocycles. The number of hydrogen-bond donors (Lipinski definition) is 3. The van der Waals surface area contributed by atoms with Gasteiger partial charge in [-0.05, 0) is 66.8 Å².